The van der Waals surface area contributed by atoms with Crippen LogP contribution < -0.4 is 0 Å². The van der Waals surface area contributed by atoms with E-state index in [0.717, 1.165) is 12.1 Å². The Labute approximate surface area is 224 Å². The Hall–Kier alpha value is -3.76. The number of halogens is 7. The van der Waals surface area contributed by atoms with E-state index < -0.39 is 47.0 Å². The van der Waals surface area contributed by atoms with Gasteiger partial charge in [0.15, 0.2) is 11.6 Å². The fourth-order valence-corrected chi connectivity index (χ4v) is 4.78. The number of hydrogen-bond donors (Lipinski definition) is 0. The third-order valence-electron chi connectivity index (χ3n) is 6.82. The van der Waals surface area contributed by atoms with Crippen LogP contribution in [0.5, 0.6) is 0 Å². The first-order valence-electron chi connectivity index (χ1n) is 11.7. The summed E-state index contributed by atoms with van der Waals surface area (Å²) < 4.78 is 82.6. The lowest BCUT2D eigenvalue weighted by atomic mass is 9.91. The highest BCUT2D eigenvalue weighted by Crippen LogP contribution is 2.49. The van der Waals surface area contributed by atoms with Gasteiger partial charge in [0.2, 0.25) is 0 Å². The van der Waals surface area contributed by atoms with Gasteiger partial charge in [-0.25, -0.2) is 0 Å². The largest absolute Gasteiger partial charge is 0.416 e. The molecule has 1 aliphatic carbocycles. The van der Waals surface area contributed by atoms with Crippen LogP contribution in [0.2, 0.25) is 5.02 Å². The maximum Gasteiger partial charge on any atom is 0.416 e. The zero-order valence-electron chi connectivity index (χ0n) is 20.1. The number of hydrogen-bond acceptors (Lipinski definition) is 3. The van der Waals surface area contributed by atoms with Gasteiger partial charge in [0, 0.05) is 23.8 Å². The lowest BCUT2D eigenvalue weighted by Gasteiger charge is -2.21. The summed E-state index contributed by atoms with van der Waals surface area (Å²) in [7, 11) is 0. The molecular formula is C28H19ClF6N2O2. The summed E-state index contributed by atoms with van der Waals surface area (Å²) >= 11 is 6.33. The van der Waals surface area contributed by atoms with E-state index in [2.05, 4.69) is 12.0 Å². The molecule has 3 aromatic rings. The standard InChI is InChI=1S/C28H19ClF6N2O2/c1-2-8-37-22-13-21(29)19(25(39)14-26(15-36)6-7-26)10-17(22)11-23(37)24(38)12-20(28(33,34)35)16-4-3-5-18(9-16)27(30,31)32/h1,3-5,9-11,13,20H,6-8,12,14H2. The zero-order chi connectivity index (χ0) is 28.8. The molecule has 1 unspecified atom stereocenters. The number of terminal acetylenes is 1. The normalized spacial score (nSPS) is 15.4. The van der Waals surface area contributed by atoms with Crippen LogP contribution in [0.1, 0.15) is 63.6 Å². The summed E-state index contributed by atoms with van der Waals surface area (Å²) in [6, 6.07) is 8.94. The molecule has 1 saturated carbocycles. The summed E-state index contributed by atoms with van der Waals surface area (Å²) in [5.74, 6) is -1.59. The summed E-state index contributed by atoms with van der Waals surface area (Å²) in [6.45, 7) is -0.216. The minimum atomic E-state index is -5.02. The maximum absolute atomic E-state index is 14.0. The Morgan fingerprint density at radius 3 is 2.33 bits per heavy atom. The molecule has 0 aliphatic heterocycles. The van der Waals surface area contributed by atoms with Crippen molar-refractivity contribution in [3.05, 3.63) is 69.9 Å². The lowest BCUT2D eigenvalue weighted by molar-refractivity contribution is -0.150. The van der Waals surface area contributed by atoms with Crippen molar-refractivity contribution in [3.63, 3.8) is 0 Å². The molecule has 39 heavy (non-hydrogen) atoms. The topological polar surface area (TPSA) is 62.9 Å². The lowest BCUT2D eigenvalue weighted by Crippen LogP contribution is -2.25. The Morgan fingerprint density at radius 2 is 1.77 bits per heavy atom. The predicted molar refractivity (Wildman–Crippen MR) is 131 cm³/mol. The molecule has 0 bridgehead atoms. The molecule has 2 aromatic carbocycles. The molecular weight excluding hydrogens is 546 g/mol. The molecule has 1 atom stereocenters. The minimum Gasteiger partial charge on any atom is -0.326 e. The van der Waals surface area contributed by atoms with E-state index in [9.17, 15) is 41.2 Å². The number of nitrogens with zero attached hydrogens (tertiary/aromatic N) is 2. The molecule has 0 amide bonds. The maximum atomic E-state index is 14.0. The number of Topliss-reactive ketones (excluding diaryl/α,β-unsaturated/α-hetero) is 2. The Kier molecular flexibility index (Phi) is 7.31. The number of aromatic nitrogens is 1. The number of rotatable bonds is 8. The van der Waals surface area contributed by atoms with Gasteiger partial charge in [-0.15, -0.1) is 6.42 Å². The molecule has 1 heterocycles. The van der Waals surface area contributed by atoms with Gasteiger partial charge in [0.25, 0.3) is 0 Å². The Morgan fingerprint density at radius 1 is 1.08 bits per heavy atom. The zero-order valence-corrected chi connectivity index (χ0v) is 20.8. The molecule has 0 radical (unpaired) electrons. The van der Waals surface area contributed by atoms with E-state index in [1.54, 1.807) is 0 Å². The van der Waals surface area contributed by atoms with Crippen molar-refractivity contribution in [1.29, 1.82) is 5.26 Å². The van der Waals surface area contributed by atoms with Crippen molar-refractivity contribution in [2.24, 2.45) is 5.41 Å². The number of carbonyl (C=O) groups excluding carboxylic acids is 2. The van der Waals surface area contributed by atoms with Crippen LogP contribution >= 0.6 is 11.6 Å². The highest BCUT2D eigenvalue weighted by Gasteiger charge is 2.45. The molecule has 202 valence electrons. The van der Waals surface area contributed by atoms with Crippen molar-refractivity contribution in [2.45, 2.75) is 50.5 Å². The van der Waals surface area contributed by atoms with Gasteiger partial charge in [0.1, 0.15) is 0 Å². The molecule has 4 nitrogen and oxygen atoms in total. The first-order valence-corrected chi connectivity index (χ1v) is 12.0. The van der Waals surface area contributed by atoms with Crippen LogP contribution in [0.4, 0.5) is 26.3 Å². The van der Waals surface area contributed by atoms with E-state index in [1.807, 2.05) is 0 Å². The van der Waals surface area contributed by atoms with E-state index >= 15 is 0 Å². The van der Waals surface area contributed by atoms with Gasteiger partial charge in [0.05, 0.1) is 45.7 Å². The first kappa shape index (κ1) is 28.3. The average molecular weight is 565 g/mol. The number of benzene rings is 2. The molecule has 11 heteroatoms. The van der Waals surface area contributed by atoms with Crippen LogP contribution in [0.25, 0.3) is 10.9 Å². The third kappa shape index (κ3) is 5.81. The molecule has 1 aromatic heterocycles. The second-order valence-corrected chi connectivity index (χ2v) is 9.95. The van der Waals surface area contributed by atoms with Crippen molar-refractivity contribution >= 4 is 34.1 Å². The second kappa shape index (κ2) is 10.1. The smallest absolute Gasteiger partial charge is 0.326 e. The minimum absolute atomic E-state index is 0.0220. The Balaban J connectivity index is 1.72. The first-order chi connectivity index (χ1) is 18.2. The van der Waals surface area contributed by atoms with Crippen LogP contribution in [-0.4, -0.2) is 22.3 Å². The number of fused-ring (bicyclic) bond motifs is 1. The average Bonchev–Trinajstić information content (AvgIpc) is 3.55. The quantitative estimate of drug-likeness (QED) is 0.160. The monoisotopic (exact) mass is 564 g/mol. The highest BCUT2D eigenvalue weighted by molar-refractivity contribution is 6.35. The van der Waals surface area contributed by atoms with E-state index in [1.165, 1.54) is 22.8 Å². The molecule has 0 spiro atoms. The van der Waals surface area contributed by atoms with Crippen LogP contribution in [0.3, 0.4) is 0 Å². The number of carbonyl (C=O) groups is 2. The molecule has 1 aliphatic rings. The van der Waals surface area contributed by atoms with Crippen molar-refractivity contribution in [2.75, 3.05) is 0 Å². The molecule has 0 saturated heterocycles. The van der Waals surface area contributed by atoms with Gasteiger partial charge in [-0.1, -0.05) is 35.7 Å². The summed E-state index contributed by atoms with van der Waals surface area (Å²) in [6.07, 6.45) is -4.52. The summed E-state index contributed by atoms with van der Waals surface area (Å²) in [4.78, 5) is 26.1. The summed E-state index contributed by atoms with van der Waals surface area (Å²) in [5.41, 5.74) is -2.52. The number of nitriles is 1. The van der Waals surface area contributed by atoms with Gasteiger partial charge in [-0.3, -0.25) is 9.59 Å². The fourth-order valence-electron chi connectivity index (χ4n) is 4.52. The van der Waals surface area contributed by atoms with Gasteiger partial charge in [-0.2, -0.15) is 31.6 Å². The van der Waals surface area contributed by atoms with Crippen molar-refractivity contribution < 1.29 is 35.9 Å². The summed E-state index contributed by atoms with van der Waals surface area (Å²) in [5, 5.41) is 9.62. The van der Waals surface area contributed by atoms with E-state index in [4.69, 9.17) is 18.0 Å². The van der Waals surface area contributed by atoms with Gasteiger partial charge < -0.3 is 4.57 Å². The van der Waals surface area contributed by atoms with Gasteiger partial charge in [-0.05, 0) is 42.7 Å². The van der Waals surface area contributed by atoms with Gasteiger partial charge >= 0.3 is 12.4 Å². The van der Waals surface area contributed by atoms with Crippen LogP contribution in [-0.2, 0) is 12.7 Å². The fraction of sp³-hybridized carbons (Fsp3) is 0.321. The Bertz CT molecular complexity index is 1550. The molecule has 4 rings (SSSR count). The second-order valence-electron chi connectivity index (χ2n) is 9.55. The molecule has 0 N–H and O–H groups in total. The molecule has 1 fully saturated rings. The van der Waals surface area contributed by atoms with E-state index in [0.29, 0.717) is 35.9 Å². The number of alkyl halides is 6. The number of ketones is 2. The predicted octanol–water partition coefficient (Wildman–Crippen LogP) is 7.74. The van der Waals surface area contributed by atoms with Crippen LogP contribution in [0, 0.1) is 29.1 Å². The van der Waals surface area contributed by atoms with Crippen molar-refractivity contribution in [1.82, 2.24) is 4.57 Å². The van der Waals surface area contributed by atoms with Crippen molar-refractivity contribution in [3.8, 4) is 18.4 Å². The SMILES string of the molecule is C#CCn1c(C(=O)CC(c2cccc(C(F)(F)F)c2)C(F)(F)F)cc2cc(C(=O)CC3(C#N)CC3)c(Cl)cc21. The highest BCUT2D eigenvalue weighted by atomic mass is 35.5. The van der Waals surface area contributed by atoms with Crippen LogP contribution in [0.15, 0.2) is 42.5 Å². The third-order valence-corrected chi connectivity index (χ3v) is 7.13. The van der Waals surface area contributed by atoms with E-state index in [-0.39, 0.29) is 35.0 Å².